The van der Waals surface area contributed by atoms with Gasteiger partial charge in [0.05, 0.1) is 5.56 Å². The van der Waals surface area contributed by atoms with Gasteiger partial charge in [0.15, 0.2) is 0 Å². The van der Waals surface area contributed by atoms with Gasteiger partial charge in [0.2, 0.25) is 0 Å². The Balaban J connectivity index is 2.25. The number of nitrogens with zero attached hydrogens (tertiary/aromatic N) is 1. The number of para-hydroxylation sites is 1. The molecule has 0 radical (unpaired) electrons. The number of benzene rings is 2. The zero-order valence-corrected chi connectivity index (χ0v) is 13.0. The number of nitrogens with one attached hydrogen (secondary N) is 1. The summed E-state index contributed by atoms with van der Waals surface area (Å²) in [6.45, 7) is 3.10. The maximum atomic E-state index is 12.7. The predicted octanol–water partition coefficient (Wildman–Crippen LogP) is 4.04. The molecule has 0 fully saturated rings. The van der Waals surface area contributed by atoms with Gasteiger partial charge >= 0.3 is 0 Å². The molecular weight excluding hydrogens is 284 g/mol. The first kappa shape index (κ1) is 15.4. The fourth-order valence-electron chi connectivity index (χ4n) is 2.22. The van der Waals surface area contributed by atoms with Crippen molar-refractivity contribution in [3.63, 3.8) is 0 Å². The number of halogens is 1. The molecule has 21 heavy (non-hydrogen) atoms. The van der Waals surface area contributed by atoms with Gasteiger partial charge < -0.3 is 10.2 Å². The second-order valence-corrected chi connectivity index (χ2v) is 5.11. The predicted molar refractivity (Wildman–Crippen MR) is 87.9 cm³/mol. The third-order valence-electron chi connectivity index (χ3n) is 3.41. The first-order valence-corrected chi connectivity index (χ1v) is 7.34. The fraction of sp³-hybridized carbons (Fsp3) is 0.235. The Hall–Kier alpha value is -2.00. The van der Waals surface area contributed by atoms with E-state index >= 15 is 0 Å². The monoisotopic (exact) mass is 302 g/mol. The minimum absolute atomic E-state index is 0.00219. The summed E-state index contributed by atoms with van der Waals surface area (Å²) in [6, 6.07) is 15.1. The number of amides is 1. The largest absolute Gasteiger partial charge is 0.387 e. The van der Waals surface area contributed by atoms with Crippen molar-refractivity contribution in [2.45, 2.75) is 13.5 Å². The molecule has 0 aliphatic carbocycles. The van der Waals surface area contributed by atoms with E-state index in [9.17, 15) is 4.79 Å². The van der Waals surface area contributed by atoms with Crippen LogP contribution in [0.4, 0.5) is 5.69 Å². The van der Waals surface area contributed by atoms with E-state index < -0.39 is 0 Å². The molecule has 0 saturated heterocycles. The number of carbonyl (C=O) groups is 1. The van der Waals surface area contributed by atoms with Crippen LogP contribution < -0.4 is 5.32 Å². The summed E-state index contributed by atoms with van der Waals surface area (Å²) >= 11 is 6.18. The van der Waals surface area contributed by atoms with Gasteiger partial charge in [-0.15, -0.1) is 0 Å². The zero-order chi connectivity index (χ0) is 15.2. The van der Waals surface area contributed by atoms with Crippen molar-refractivity contribution >= 4 is 23.2 Å². The van der Waals surface area contributed by atoms with E-state index in [1.165, 1.54) is 0 Å². The molecule has 2 aromatic rings. The maximum Gasteiger partial charge on any atom is 0.256 e. The van der Waals surface area contributed by atoms with Crippen molar-refractivity contribution in [2.24, 2.45) is 0 Å². The summed E-state index contributed by atoms with van der Waals surface area (Å²) in [5, 5.41) is 3.74. The molecule has 3 nitrogen and oxygen atoms in total. The molecule has 0 aromatic heterocycles. The van der Waals surface area contributed by atoms with Crippen LogP contribution in [0.15, 0.2) is 48.5 Å². The molecule has 0 unspecified atom stereocenters. The number of hydrogen-bond donors (Lipinski definition) is 1. The molecule has 0 aliphatic rings. The lowest BCUT2D eigenvalue weighted by Gasteiger charge is -2.23. The van der Waals surface area contributed by atoms with Crippen LogP contribution in [0.5, 0.6) is 0 Å². The number of rotatable bonds is 5. The first-order chi connectivity index (χ1) is 10.2. The van der Waals surface area contributed by atoms with Crippen LogP contribution in [0.25, 0.3) is 0 Å². The molecule has 4 heteroatoms. The Morgan fingerprint density at radius 1 is 1.14 bits per heavy atom. The molecule has 0 spiro atoms. The third kappa shape index (κ3) is 3.56. The third-order valence-corrected chi connectivity index (χ3v) is 3.78. The highest BCUT2D eigenvalue weighted by molar-refractivity contribution is 6.31. The SMILES string of the molecule is CCN(Cc1ccccc1Cl)C(=O)c1ccccc1NC. The minimum Gasteiger partial charge on any atom is -0.387 e. The normalized spacial score (nSPS) is 10.2. The highest BCUT2D eigenvalue weighted by atomic mass is 35.5. The average molecular weight is 303 g/mol. The van der Waals surface area contributed by atoms with Gasteiger partial charge in [-0.25, -0.2) is 0 Å². The number of hydrogen-bond acceptors (Lipinski definition) is 2. The lowest BCUT2D eigenvalue weighted by Crippen LogP contribution is -2.30. The Labute approximate surface area is 130 Å². The van der Waals surface area contributed by atoms with E-state index in [-0.39, 0.29) is 5.91 Å². The molecule has 0 bridgehead atoms. The Kier molecular flexibility index (Phi) is 5.23. The lowest BCUT2D eigenvalue weighted by atomic mass is 10.1. The van der Waals surface area contributed by atoms with E-state index in [1.54, 1.807) is 4.90 Å². The van der Waals surface area contributed by atoms with Crippen LogP contribution in [0.3, 0.4) is 0 Å². The van der Waals surface area contributed by atoms with E-state index in [4.69, 9.17) is 11.6 Å². The molecule has 2 aromatic carbocycles. The van der Waals surface area contributed by atoms with Crippen molar-refractivity contribution in [2.75, 3.05) is 18.9 Å². The number of anilines is 1. The topological polar surface area (TPSA) is 32.3 Å². The Morgan fingerprint density at radius 3 is 2.48 bits per heavy atom. The molecule has 110 valence electrons. The first-order valence-electron chi connectivity index (χ1n) is 6.96. The fourth-order valence-corrected chi connectivity index (χ4v) is 2.41. The summed E-state index contributed by atoms with van der Waals surface area (Å²) in [4.78, 5) is 14.5. The van der Waals surface area contributed by atoms with Gasteiger partial charge in [0.1, 0.15) is 0 Å². The summed E-state index contributed by atoms with van der Waals surface area (Å²) in [5.41, 5.74) is 2.46. The summed E-state index contributed by atoms with van der Waals surface area (Å²) in [7, 11) is 1.82. The smallest absolute Gasteiger partial charge is 0.256 e. The molecule has 0 heterocycles. The minimum atomic E-state index is 0.00219. The van der Waals surface area contributed by atoms with Crippen LogP contribution in [0.1, 0.15) is 22.8 Å². The molecular formula is C17H19ClN2O. The van der Waals surface area contributed by atoms with Crippen LogP contribution in [0.2, 0.25) is 5.02 Å². The van der Waals surface area contributed by atoms with Gasteiger partial charge in [0.25, 0.3) is 5.91 Å². The molecule has 0 saturated carbocycles. The maximum absolute atomic E-state index is 12.7. The van der Waals surface area contributed by atoms with Crippen molar-refractivity contribution in [3.05, 3.63) is 64.7 Å². The van der Waals surface area contributed by atoms with E-state index in [0.29, 0.717) is 23.7 Å². The zero-order valence-electron chi connectivity index (χ0n) is 12.3. The summed E-state index contributed by atoms with van der Waals surface area (Å²) in [6.07, 6.45) is 0. The van der Waals surface area contributed by atoms with Gasteiger partial charge in [-0.1, -0.05) is 41.9 Å². The Morgan fingerprint density at radius 2 is 1.81 bits per heavy atom. The lowest BCUT2D eigenvalue weighted by molar-refractivity contribution is 0.0753. The van der Waals surface area contributed by atoms with E-state index in [0.717, 1.165) is 11.3 Å². The van der Waals surface area contributed by atoms with Gasteiger partial charge in [-0.05, 0) is 30.7 Å². The van der Waals surface area contributed by atoms with Crippen molar-refractivity contribution < 1.29 is 4.79 Å². The summed E-state index contributed by atoms with van der Waals surface area (Å²) < 4.78 is 0. The number of carbonyl (C=O) groups excluding carboxylic acids is 1. The molecule has 2 rings (SSSR count). The van der Waals surface area contributed by atoms with Crippen molar-refractivity contribution in [1.82, 2.24) is 4.90 Å². The standard InChI is InChI=1S/C17H19ClN2O/c1-3-20(12-13-8-4-6-10-15(13)18)17(21)14-9-5-7-11-16(14)19-2/h4-11,19H,3,12H2,1-2H3. The van der Waals surface area contributed by atoms with Crippen molar-refractivity contribution in [1.29, 1.82) is 0 Å². The van der Waals surface area contributed by atoms with Crippen LogP contribution in [0, 0.1) is 0 Å². The van der Waals surface area contributed by atoms with Crippen LogP contribution in [-0.2, 0) is 6.54 Å². The second-order valence-electron chi connectivity index (χ2n) is 4.71. The van der Waals surface area contributed by atoms with E-state index in [1.807, 2.05) is 62.5 Å². The van der Waals surface area contributed by atoms with E-state index in [2.05, 4.69) is 5.32 Å². The van der Waals surface area contributed by atoms with Crippen molar-refractivity contribution in [3.8, 4) is 0 Å². The molecule has 1 amide bonds. The van der Waals surface area contributed by atoms with Gasteiger partial charge in [0, 0.05) is 30.8 Å². The highest BCUT2D eigenvalue weighted by Gasteiger charge is 2.18. The Bertz CT molecular complexity index is 628. The second kappa shape index (κ2) is 7.14. The molecule has 0 aliphatic heterocycles. The quantitative estimate of drug-likeness (QED) is 0.904. The average Bonchev–Trinajstić information content (AvgIpc) is 2.53. The van der Waals surface area contributed by atoms with Crippen LogP contribution >= 0.6 is 11.6 Å². The molecule has 1 N–H and O–H groups in total. The van der Waals surface area contributed by atoms with Gasteiger partial charge in [-0.3, -0.25) is 4.79 Å². The van der Waals surface area contributed by atoms with Gasteiger partial charge in [-0.2, -0.15) is 0 Å². The molecule has 0 atom stereocenters. The highest BCUT2D eigenvalue weighted by Crippen LogP contribution is 2.21. The summed E-state index contributed by atoms with van der Waals surface area (Å²) in [5.74, 6) is 0.00219. The van der Waals surface area contributed by atoms with Crippen LogP contribution in [-0.4, -0.2) is 24.4 Å².